The molecule has 0 radical (unpaired) electrons. The second kappa shape index (κ2) is 5.22. The van der Waals surface area contributed by atoms with Gasteiger partial charge in [-0.25, -0.2) is 4.79 Å². The van der Waals surface area contributed by atoms with Crippen molar-refractivity contribution in [2.75, 3.05) is 0 Å². The van der Waals surface area contributed by atoms with Crippen molar-refractivity contribution in [3.8, 4) is 17.5 Å². The van der Waals surface area contributed by atoms with E-state index >= 15 is 0 Å². The summed E-state index contributed by atoms with van der Waals surface area (Å²) in [5.74, 6) is -0.135. The summed E-state index contributed by atoms with van der Waals surface area (Å²) in [7, 11) is 0. The Morgan fingerprint density at radius 1 is 1.05 bits per heavy atom. The number of para-hydroxylation sites is 2. The van der Waals surface area contributed by atoms with E-state index in [0.29, 0.717) is 16.5 Å². The van der Waals surface area contributed by atoms with Gasteiger partial charge in [0.15, 0.2) is 0 Å². The minimum Gasteiger partial charge on any atom is -0.410 e. The summed E-state index contributed by atoms with van der Waals surface area (Å²) in [4.78, 5) is 11.8. The molecular formula is C14H9ClN2O3. The quantitative estimate of drug-likeness (QED) is 0.742. The lowest BCUT2D eigenvalue weighted by molar-refractivity contribution is 0.320. The second-order valence-corrected chi connectivity index (χ2v) is 4.32. The van der Waals surface area contributed by atoms with E-state index < -0.39 is 5.76 Å². The van der Waals surface area contributed by atoms with Gasteiger partial charge < -0.3 is 9.15 Å². The molecule has 0 saturated heterocycles. The minimum atomic E-state index is -0.663. The van der Waals surface area contributed by atoms with E-state index in [-0.39, 0.29) is 6.08 Å². The molecule has 3 rings (SSSR count). The molecule has 1 aromatic heterocycles. The van der Waals surface area contributed by atoms with Gasteiger partial charge in [0.05, 0.1) is 10.7 Å². The summed E-state index contributed by atoms with van der Waals surface area (Å²) in [5.41, 5.74) is 0.436. The number of ether oxygens (including phenoxy) is 1. The molecule has 0 aliphatic rings. The van der Waals surface area contributed by atoms with Crippen molar-refractivity contribution in [1.29, 1.82) is 0 Å². The number of rotatable bonds is 3. The highest BCUT2D eigenvalue weighted by atomic mass is 35.5. The van der Waals surface area contributed by atoms with Crippen LogP contribution in [0.3, 0.4) is 0 Å². The molecule has 5 nitrogen and oxygen atoms in total. The van der Waals surface area contributed by atoms with Gasteiger partial charge >= 0.3 is 11.8 Å². The third-order valence-electron chi connectivity index (χ3n) is 2.56. The van der Waals surface area contributed by atoms with Gasteiger partial charge in [0.1, 0.15) is 5.75 Å². The smallest absolute Gasteiger partial charge is 0.410 e. The van der Waals surface area contributed by atoms with Crippen LogP contribution in [0.2, 0.25) is 5.02 Å². The summed E-state index contributed by atoms with van der Waals surface area (Å²) in [6.45, 7) is 0. The molecule has 100 valence electrons. The molecule has 0 N–H and O–H groups in total. The van der Waals surface area contributed by atoms with Gasteiger partial charge in [-0.05, 0) is 24.3 Å². The highest BCUT2D eigenvalue weighted by Gasteiger charge is 2.13. The molecule has 1 heterocycles. The van der Waals surface area contributed by atoms with E-state index in [1.165, 1.54) is 0 Å². The van der Waals surface area contributed by atoms with E-state index in [1.807, 2.05) is 6.07 Å². The number of hydrogen-bond donors (Lipinski definition) is 0. The summed E-state index contributed by atoms with van der Waals surface area (Å²) in [5, 5.41) is 4.36. The third kappa shape index (κ3) is 2.44. The fourth-order valence-corrected chi connectivity index (χ4v) is 1.88. The van der Waals surface area contributed by atoms with Crippen LogP contribution in [0.4, 0.5) is 0 Å². The van der Waals surface area contributed by atoms with Crippen molar-refractivity contribution >= 4 is 11.6 Å². The molecule has 3 aromatic rings. The van der Waals surface area contributed by atoms with Gasteiger partial charge in [-0.1, -0.05) is 47.0 Å². The molecule has 2 aromatic carbocycles. The van der Waals surface area contributed by atoms with Crippen LogP contribution in [0.1, 0.15) is 0 Å². The van der Waals surface area contributed by atoms with Crippen LogP contribution in [0.25, 0.3) is 5.69 Å². The Morgan fingerprint density at radius 2 is 1.75 bits per heavy atom. The number of halogens is 1. The standard InChI is InChI=1S/C14H9ClN2O3/c15-11-8-4-5-9-12(11)17-14(18)20-13(16-17)19-10-6-2-1-3-7-10/h1-9H. The van der Waals surface area contributed by atoms with Gasteiger partial charge in [0, 0.05) is 0 Å². The molecule has 0 amide bonds. The van der Waals surface area contributed by atoms with Crippen LogP contribution in [0.15, 0.2) is 63.8 Å². The largest absolute Gasteiger partial charge is 0.444 e. The number of aromatic nitrogens is 2. The second-order valence-electron chi connectivity index (χ2n) is 3.91. The number of nitrogens with zero attached hydrogens (tertiary/aromatic N) is 2. The van der Waals surface area contributed by atoms with Gasteiger partial charge in [0.2, 0.25) is 0 Å². The lowest BCUT2D eigenvalue weighted by atomic mass is 10.3. The fraction of sp³-hybridized carbons (Fsp3) is 0. The Kier molecular flexibility index (Phi) is 3.26. The average molecular weight is 289 g/mol. The van der Waals surface area contributed by atoms with Crippen molar-refractivity contribution < 1.29 is 9.15 Å². The van der Waals surface area contributed by atoms with Crippen molar-refractivity contribution in [1.82, 2.24) is 9.78 Å². The molecule has 0 aliphatic carbocycles. The van der Waals surface area contributed by atoms with E-state index in [4.69, 9.17) is 20.8 Å². The maximum atomic E-state index is 11.8. The van der Waals surface area contributed by atoms with Crippen LogP contribution in [-0.4, -0.2) is 9.78 Å². The number of benzene rings is 2. The molecule has 0 saturated carbocycles. The predicted octanol–water partition coefficient (Wildman–Crippen LogP) is 3.27. The van der Waals surface area contributed by atoms with Gasteiger partial charge in [-0.3, -0.25) is 0 Å². The zero-order chi connectivity index (χ0) is 13.9. The van der Waals surface area contributed by atoms with Crippen LogP contribution in [0, 0.1) is 0 Å². The zero-order valence-electron chi connectivity index (χ0n) is 10.2. The Labute approximate surface area is 119 Å². The van der Waals surface area contributed by atoms with E-state index in [9.17, 15) is 4.79 Å². The highest BCUT2D eigenvalue weighted by molar-refractivity contribution is 6.32. The normalized spacial score (nSPS) is 10.4. The van der Waals surface area contributed by atoms with Crippen molar-refractivity contribution in [3.63, 3.8) is 0 Å². The fourth-order valence-electron chi connectivity index (χ4n) is 1.67. The van der Waals surface area contributed by atoms with Gasteiger partial charge in [-0.15, -0.1) is 0 Å². The molecule has 0 unspecified atom stereocenters. The maximum absolute atomic E-state index is 11.8. The van der Waals surface area contributed by atoms with Gasteiger partial charge in [-0.2, -0.15) is 4.68 Å². The number of hydrogen-bond acceptors (Lipinski definition) is 4. The molecular weight excluding hydrogens is 280 g/mol. The Hall–Kier alpha value is -2.53. The molecule has 0 bridgehead atoms. The van der Waals surface area contributed by atoms with Crippen molar-refractivity contribution in [3.05, 3.63) is 70.2 Å². The first kappa shape index (κ1) is 12.5. The van der Waals surface area contributed by atoms with E-state index in [0.717, 1.165) is 4.68 Å². The Balaban J connectivity index is 1.96. The monoisotopic (exact) mass is 288 g/mol. The van der Waals surface area contributed by atoms with Crippen molar-refractivity contribution in [2.24, 2.45) is 0 Å². The SMILES string of the molecule is O=c1oc(Oc2ccccc2)nn1-c1ccccc1Cl. The maximum Gasteiger partial charge on any atom is 0.444 e. The van der Waals surface area contributed by atoms with E-state index in [1.54, 1.807) is 48.5 Å². The summed E-state index contributed by atoms with van der Waals surface area (Å²) in [6.07, 6.45) is -0.138. The van der Waals surface area contributed by atoms with Crippen LogP contribution < -0.4 is 10.5 Å². The van der Waals surface area contributed by atoms with Crippen LogP contribution >= 0.6 is 11.6 Å². The zero-order valence-corrected chi connectivity index (χ0v) is 10.9. The first-order chi connectivity index (χ1) is 9.74. The third-order valence-corrected chi connectivity index (χ3v) is 2.88. The molecule has 0 aliphatic heterocycles. The molecule has 6 heteroatoms. The predicted molar refractivity (Wildman–Crippen MR) is 73.6 cm³/mol. The Bertz CT molecular complexity index is 780. The highest BCUT2D eigenvalue weighted by Crippen LogP contribution is 2.21. The summed E-state index contributed by atoms with van der Waals surface area (Å²) < 4.78 is 11.4. The first-order valence-corrected chi connectivity index (χ1v) is 6.20. The summed E-state index contributed by atoms with van der Waals surface area (Å²) in [6, 6.07) is 15.8. The molecule has 0 spiro atoms. The lowest BCUT2D eigenvalue weighted by Gasteiger charge is -2.00. The lowest BCUT2D eigenvalue weighted by Crippen LogP contribution is -2.13. The average Bonchev–Trinajstić information content (AvgIpc) is 2.81. The minimum absolute atomic E-state index is 0.138. The van der Waals surface area contributed by atoms with Gasteiger partial charge in [0.25, 0.3) is 0 Å². The van der Waals surface area contributed by atoms with Crippen molar-refractivity contribution in [2.45, 2.75) is 0 Å². The van der Waals surface area contributed by atoms with Crippen LogP contribution in [-0.2, 0) is 0 Å². The Morgan fingerprint density at radius 3 is 2.50 bits per heavy atom. The molecule has 20 heavy (non-hydrogen) atoms. The molecule has 0 atom stereocenters. The summed E-state index contributed by atoms with van der Waals surface area (Å²) >= 11 is 6.02. The first-order valence-electron chi connectivity index (χ1n) is 5.82. The van der Waals surface area contributed by atoms with E-state index in [2.05, 4.69) is 5.10 Å². The topological polar surface area (TPSA) is 57.3 Å². The molecule has 0 fully saturated rings. The van der Waals surface area contributed by atoms with Crippen LogP contribution in [0.5, 0.6) is 11.8 Å².